The van der Waals surface area contributed by atoms with Crippen molar-refractivity contribution in [3.05, 3.63) is 63.9 Å². The number of hydrogen-bond acceptors (Lipinski definition) is 4. The minimum atomic E-state index is 0.0964. The number of nitrogens with zero attached hydrogens (tertiary/aromatic N) is 2. The van der Waals surface area contributed by atoms with Crippen molar-refractivity contribution < 1.29 is 4.74 Å². The Hall–Kier alpha value is -1.88. The number of rotatable bonds is 6. The van der Waals surface area contributed by atoms with E-state index in [1.807, 2.05) is 18.3 Å². The molecule has 0 spiro atoms. The van der Waals surface area contributed by atoms with Crippen LogP contribution in [0.15, 0.2) is 52.1 Å². The summed E-state index contributed by atoms with van der Waals surface area (Å²) in [6.07, 6.45) is 4.82. The Labute approximate surface area is 151 Å². The zero-order valence-corrected chi connectivity index (χ0v) is 15.4. The molecule has 4 nitrogen and oxygen atoms in total. The number of halogens is 1. The van der Waals surface area contributed by atoms with Crippen LogP contribution in [0.1, 0.15) is 36.2 Å². The van der Waals surface area contributed by atoms with Crippen molar-refractivity contribution in [1.82, 2.24) is 10.3 Å². The van der Waals surface area contributed by atoms with Crippen LogP contribution in [0.4, 0.5) is 0 Å². The summed E-state index contributed by atoms with van der Waals surface area (Å²) in [4.78, 5) is 8.95. The number of aliphatic imine (C=N–C) groups is 1. The Morgan fingerprint density at radius 3 is 2.96 bits per heavy atom. The fourth-order valence-electron chi connectivity index (χ4n) is 2.89. The summed E-state index contributed by atoms with van der Waals surface area (Å²) in [5.74, 6) is 0. The molecular formula is C19H22BrN3O. The summed E-state index contributed by atoms with van der Waals surface area (Å²) < 4.78 is 6.63. The van der Waals surface area contributed by atoms with Gasteiger partial charge in [-0.2, -0.15) is 0 Å². The van der Waals surface area contributed by atoms with Crippen LogP contribution in [-0.2, 0) is 17.6 Å². The predicted molar refractivity (Wildman–Crippen MR) is 100 cm³/mol. The smallest absolute Gasteiger partial charge is 0.285 e. The first-order valence-corrected chi connectivity index (χ1v) is 9.17. The van der Waals surface area contributed by atoms with Crippen molar-refractivity contribution in [2.24, 2.45) is 4.99 Å². The number of pyridine rings is 1. The molecule has 0 amide bonds. The van der Waals surface area contributed by atoms with Crippen LogP contribution in [0.5, 0.6) is 0 Å². The highest BCUT2D eigenvalue weighted by Gasteiger charge is 2.19. The quantitative estimate of drug-likeness (QED) is 0.812. The molecule has 2 heterocycles. The Morgan fingerprint density at radius 2 is 2.21 bits per heavy atom. The number of ether oxygens (including phenoxy) is 1. The highest BCUT2D eigenvalue weighted by molar-refractivity contribution is 9.10. The van der Waals surface area contributed by atoms with Crippen molar-refractivity contribution in [1.29, 1.82) is 0 Å². The van der Waals surface area contributed by atoms with Crippen molar-refractivity contribution in [3.63, 3.8) is 0 Å². The molecule has 126 valence electrons. The second-order valence-corrected chi connectivity index (χ2v) is 6.77. The molecule has 0 saturated carbocycles. The second-order valence-electron chi connectivity index (χ2n) is 5.85. The molecule has 24 heavy (non-hydrogen) atoms. The number of aryl methyl sites for hydroxylation is 1. The van der Waals surface area contributed by atoms with Gasteiger partial charge in [0.15, 0.2) is 0 Å². The van der Waals surface area contributed by atoms with Crippen LogP contribution in [-0.4, -0.2) is 24.2 Å². The van der Waals surface area contributed by atoms with Gasteiger partial charge in [-0.25, -0.2) is 4.99 Å². The maximum atomic E-state index is 5.56. The molecule has 1 aliphatic heterocycles. The predicted octanol–water partition coefficient (Wildman–Crippen LogP) is 4.06. The Balaban J connectivity index is 1.87. The zero-order valence-electron chi connectivity index (χ0n) is 13.8. The molecule has 1 atom stereocenters. The van der Waals surface area contributed by atoms with Crippen molar-refractivity contribution in [2.45, 2.75) is 32.2 Å². The first kappa shape index (κ1) is 17.0. The Bertz CT molecular complexity index is 717. The van der Waals surface area contributed by atoms with Crippen LogP contribution in [0.3, 0.4) is 0 Å². The molecule has 0 saturated heterocycles. The van der Waals surface area contributed by atoms with Gasteiger partial charge in [0.1, 0.15) is 6.61 Å². The van der Waals surface area contributed by atoms with E-state index in [1.54, 1.807) is 0 Å². The molecule has 3 rings (SSSR count). The van der Waals surface area contributed by atoms with Crippen molar-refractivity contribution in [3.8, 4) is 0 Å². The SMILES string of the molecule is CCCc1ncccc1CC(NC1=NCCO1)c1cccc(Br)c1. The molecule has 0 fully saturated rings. The summed E-state index contributed by atoms with van der Waals surface area (Å²) >= 11 is 3.57. The van der Waals surface area contributed by atoms with Gasteiger partial charge < -0.3 is 10.1 Å². The summed E-state index contributed by atoms with van der Waals surface area (Å²) in [5.41, 5.74) is 3.65. The summed E-state index contributed by atoms with van der Waals surface area (Å²) in [6, 6.07) is 13.3. The number of hydrogen-bond donors (Lipinski definition) is 1. The standard InChI is InChI=1S/C19H22BrN3O/c1-2-5-17-15(7-4-9-21-17)13-18(23-19-22-10-11-24-19)14-6-3-8-16(20)12-14/h3-4,6-9,12,18H,2,5,10-11,13H2,1H3,(H,22,23). The first-order chi connectivity index (χ1) is 11.8. The fraction of sp³-hybridized carbons (Fsp3) is 0.368. The largest absolute Gasteiger partial charge is 0.463 e. The molecule has 1 aromatic heterocycles. The highest BCUT2D eigenvalue weighted by atomic mass is 79.9. The number of aromatic nitrogens is 1. The van der Waals surface area contributed by atoms with Gasteiger partial charge in [0.05, 0.1) is 12.6 Å². The molecular weight excluding hydrogens is 366 g/mol. The normalized spacial score (nSPS) is 14.8. The summed E-state index contributed by atoms with van der Waals surface area (Å²) in [6.45, 7) is 3.56. The fourth-order valence-corrected chi connectivity index (χ4v) is 3.30. The van der Waals surface area contributed by atoms with Gasteiger partial charge in [0.25, 0.3) is 6.02 Å². The van der Waals surface area contributed by atoms with Gasteiger partial charge >= 0.3 is 0 Å². The molecule has 2 aromatic rings. The monoisotopic (exact) mass is 387 g/mol. The second kappa shape index (κ2) is 8.29. The van der Waals surface area contributed by atoms with E-state index in [0.717, 1.165) is 30.3 Å². The van der Waals surface area contributed by atoms with E-state index in [9.17, 15) is 0 Å². The van der Waals surface area contributed by atoms with E-state index in [1.165, 1.54) is 16.8 Å². The van der Waals surface area contributed by atoms with Crippen LogP contribution < -0.4 is 5.32 Å². The zero-order chi connectivity index (χ0) is 16.8. The molecule has 0 aliphatic carbocycles. The van der Waals surface area contributed by atoms with E-state index >= 15 is 0 Å². The average molecular weight is 388 g/mol. The van der Waals surface area contributed by atoms with Gasteiger partial charge in [-0.05, 0) is 42.2 Å². The maximum Gasteiger partial charge on any atom is 0.285 e. The lowest BCUT2D eigenvalue weighted by Gasteiger charge is -2.21. The molecule has 1 N–H and O–H groups in total. The minimum absolute atomic E-state index is 0.0964. The maximum absolute atomic E-state index is 5.56. The number of benzene rings is 1. The van der Waals surface area contributed by atoms with Crippen LogP contribution >= 0.6 is 15.9 Å². The van der Waals surface area contributed by atoms with Gasteiger partial charge in [-0.15, -0.1) is 0 Å². The Morgan fingerprint density at radius 1 is 1.29 bits per heavy atom. The van der Waals surface area contributed by atoms with E-state index in [2.05, 4.69) is 62.4 Å². The first-order valence-electron chi connectivity index (χ1n) is 8.38. The van der Waals surface area contributed by atoms with Gasteiger partial charge in [0.2, 0.25) is 0 Å². The topological polar surface area (TPSA) is 46.5 Å². The lowest BCUT2D eigenvalue weighted by molar-refractivity contribution is 0.325. The van der Waals surface area contributed by atoms with Crippen molar-refractivity contribution >= 4 is 22.0 Å². The van der Waals surface area contributed by atoms with Crippen LogP contribution in [0, 0.1) is 0 Å². The summed E-state index contributed by atoms with van der Waals surface area (Å²) in [5, 5.41) is 3.46. The molecule has 5 heteroatoms. The molecule has 0 bridgehead atoms. The minimum Gasteiger partial charge on any atom is -0.463 e. The lowest BCUT2D eigenvalue weighted by Crippen LogP contribution is -2.30. The van der Waals surface area contributed by atoms with Crippen LogP contribution in [0.25, 0.3) is 0 Å². The number of nitrogens with one attached hydrogen (secondary N) is 1. The van der Waals surface area contributed by atoms with Crippen LogP contribution in [0.2, 0.25) is 0 Å². The average Bonchev–Trinajstić information content (AvgIpc) is 3.09. The van der Waals surface area contributed by atoms with E-state index in [-0.39, 0.29) is 6.04 Å². The number of amidine groups is 1. The third kappa shape index (κ3) is 4.35. The van der Waals surface area contributed by atoms with E-state index < -0.39 is 0 Å². The molecule has 1 aliphatic rings. The van der Waals surface area contributed by atoms with E-state index in [4.69, 9.17) is 4.74 Å². The third-order valence-electron chi connectivity index (χ3n) is 4.03. The highest BCUT2D eigenvalue weighted by Crippen LogP contribution is 2.24. The third-order valence-corrected chi connectivity index (χ3v) is 4.52. The van der Waals surface area contributed by atoms with Gasteiger partial charge in [0, 0.05) is 16.4 Å². The van der Waals surface area contributed by atoms with Gasteiger partial charge in [-0.1, -0.05) is 47.5 Å². The van der Waals surface area contributed by atoms with Crippen molar-refractivity contribution in [2.75, 3.05) is 13.2 Å². The molecule has 1 unspecified atom stereocenters. The Kier molecular flexibility index (Phi) is 5.86. The molecule has 1 aromatic carbocycles. The molecule has 0 radical (unpaired) electrons. The van der Waals surface area contributed by atoms with E-state index in [0.29, 0.717) is 12.6 Å². The summed E-state index contributed by atoms with van der Waals surface area (Å²) in [7, 11) is 0. The van der Waals surface area contributed by atoms with Gasteiger partial charge in [-0.3, -0.25) is 4.98 Å². The lowest BCUT2D eigenvalue weighted by atomic mass is 9.97.